The van der Waals surface area contributed by atoms with Gasteiger partial charge >= 0.3 is 0 Å². The molecule has 0 aromatic carbocycles. The standard InChI is InChI=1S/C26H44O/c1-2-3-4-5-6-7-8-9-10-11-12-13-14-15-16-17-18-19-20-21-22-23-24-25-26-27/h26H,2-11,16-25H2,1H3. The van der Waals surface area contributed by atoms with Gasteiger partial charge in [0.05, 0.1) is 0 Å². The lowest BCUT2D eigenvalue weighted by Crippen LogP contribution is -1.82. The van der Waals surface area contributed by atoms with Crippen molar-refractivity contribution in [2.45, 2.75) is 135 Å². The Morgan fingerprint density at radius 3 is 1.30 bits per heavy atom. The van der Waals surface area contributed by atoms with E-state index in [1.165, 1.54) is 103 Å². The van der Waals surface area contributed by atoms with Crippen LogP contribution in [0.25, 0.3) is 0 Å². The molecule has 0 spiro atoms. The number of carbonyl (C=O) groups excluding carboxylic acids is 1. The van der Waals surface area contributed by atoms with Crippen molar-refractivity contribution in [3.05, 3.63) is 0 Å². The zero-order valence-corrected chi connectivity index (χ0v) is 18.1. The molecule has 27 heavy (non-hydrogen) atoms. The lowest BCUT2D eigenvalue weighted by Gasteiger charge is -2.00. The average Bonchev–Trinajstić information content (AvgIpc) is 2.68. The Morgan fingerprint density at radius 1 is 0.519 bits per heavy atom. The number of rotatable bonds is 19. The smallest absolute Gasteiger partial charge is 0.119 e. The first-order valence-electron chi connectivity index (χ1n) is 11.8. The summed E-state index contributed by atoms with van der Waals surface area (Å²) >= 11 is 0. The minimum Gasteiger partial charge on any atom is -0.303 e. The number of hydrogen-bond donors (Lipinski definition) is 0. The van der Waals surface area contributed by atoms with Crippen molar-refractivity contribution in [1.82, 2.24) is 0 Å². The highest BCUT2D eigenvalue weighted by molar-refractivity contribution is 5.48. The van der Waals surface area contributed by atoms with Gasteiger partial charge in [0, 0.05) is 19.3 Å². The van der Waals surface area contributed by atoms with Crippen LogP contribution >= 0.6 is 0 Å². The predicted octanol–water partition coefficient (Wildman–Crippen LogP) is 8.01. The van der Waals surface area contributed by atoms with Gasteiger partial charge in [-0.25, -0.2) is 0 Å². The zero-order chi connectivity index (χ0) is 19.7. The average molecular weight is 373 g/mol. The molecule has 0 heterocycles. The molecule has 0 saturated heterocycles. The first-order valence-corrected chi connectivity index (χ1v) is 11.8. The topological polar surface area (TPSA) is 17.1 Å². The van der Waals surface area contributed by atoms with Gasteiger partial charge in [-0.3, -0.25) is 0 Å². The van der Waals surface area contributed by atoms with E-state index in [9.17, 15) is 4.79 Å². The molecule has 0 atom stereocenters. The second-order valence-corrected chi connectivity index (χ2v) is 7.72. The molecular formula is C26H44O. The fourth-order valence-corrected chi connectivity index (χ4v) is 3.24. The van der Waals surface area contributed by atoms with E-state index >= 15 is 0 Å². The largest absolute Gasteiger partial charge is 0.303 e. The lowest BCUT2D eigenvalue weighted by atomic mass is 10.1. The van der Waals surface area contributed by atoms with Gasteiger partial charge in [0.25, 0.3) is 0 Å². The molecule has 0 fully saturated rings. The van der Waals surface area contributed by atoms with Crippen LogP contribution in [0.1, 0.15) is 135 Å². The number of unbranched alkanes of at least 4 members (excludes halogenated alkanes) is 18. The fourth-order valence-electron chi connectivity index (χ4n) is 3.24. The van der Waals surface area contributed by atoms with Gasteiger partial charge in [-0.05, 0) is 31.1 Å². The Balaban J connectivity index is 3.22. The molecule has 0 aromatic rings. The molecule has 0 aliphatic rings. The molecule has 0 saturated carbocycles. The second-order valence-electron chi connectivity index (χ2n) is 7.72. The van der Waals surface area contributed by atoms with Crippen LogP contribution in [0.3, 0.4) is 0 Å². The third kappa shape index (κ3) is 24.8. The maximum absolute atomic E-state index is 10.2. The van der Waals surface area contributed by atoms with Crippen molar-refractivity contribution in [3.8, 4) is 23.7 Å². The monoisotopic (exact) mass is 372 g/mol. The molecule has 154 valence electrons. The van der Waals surface area contributed by atoms with Crippen molar-refractivity contribution in [2.24, 2.45) is 0 Å². The number of carbonyl (C=O) groups is 1. The van der Waals surface area contributed by atoms with Gasteiger partial charge in [-0.1, -0.05) is 109 Å². The summed E-state index contributed by atoms with van der Waals surface area (Å²) in [5, 5.41) is 0. The van der Waals surface area contributed by atoms with E-state index < -0.39 is 0 Å². The Labute approximate surface area is 170 Å². The minimum atomic E-state index is 0.737. The quantitative estimate of drug-likeness (QED) is 0.127. The molecule has 1 nitrogen and oxygen atoms in total. The molecule has 0 aliphatic heterocycles. The molecule has 0 aromatic heterocycles. The van der Waals surface area contributed by atoms with Crippen LogP contribution in [0.15, 0.2) is 0 Å². The van der Waals surface area contributed by atoms with Crippen molar-refractivity contribution in [1.29, 1.82) is 0 Å². The van der Waals surface area contributed by atoms with E-state index in [2.05, 4.69) is 30.6 Å². The highest BCUT2D eigenvalue weighted by Gasteiger charge is 1.92. The van der Waals surface area contributed by atoms with E-state index in [-0.39, 0.29) is 0 Å². The Bertz CT molecular complexity index is 415. The van der Waals surface area contributed by atoms with E-state index in [1.807, 2.05) is 0 Å². The van der Waals surface area contributed by atoms with Crippen molar-refractivity contribution in [3.63, 3.8) is 0 Å². The normalized spacial score (nSPS) is 9.96. The van der Waals surface area contributed by atoms with Crippen LogP contribution in [0.5, 0.6) is 0 Å². The van der Waals surface area contributed by atoms with Gasteiger partial charge in [0.15, 0.2) is 0 Å². The lowest BCUT2D eigenvalue weighted by molar-refractivity contribution is -0.107. The van der Waals surface area contributed by atoms with Gasteiger partial charge in [-0.2, -0.15) is 0 Å². The van der Waals surface area contributed by atoms with Crippen LogP contribution < -0.4 is 0 Å². The molecule has 0 rings (SSSR count). The fraction of sp³-hybridized carbons (Fsp3) is 0.808. The highest BCUT2D eigenvalue weighted by Crippen LogP contribution is 2.11. The summed E-state index contributed by atoms with van der Waals surface area (Å²) in [6.45, 7) is 2.27. The third-order valence-corrected chi connectivity index (χ3v) is 5.02. The molecule has 1 heteroatoms. The maximum atomic E-state index is 10.2. The van der Waals surface area contributed by atoms with Crippen molar-refractivity contribution in [2.75, 3.05) is 0 Å². The Hall–Kier alpha value is -1.21. The van der Waals surface area contributed by atoms with Crippen LogP contribution in [0.2, 0.25) is 0 Å². The maximum Gasteiger partial charge on any atom is 0.119 e. The highest BCUT2D eigenvalue weighted by atomic mass is 16.1. The van der Waals surface area contributed by atoms with E-state index in [1.54, 1.807) is 0 Å². The van der Waals surface area contributed by atoms with Crippen LogP contribution in [-0.2, 0) is 4.79 Å². The number of hydrogen-bond acceptors (Lipinski definition) is 1. The zero-order valence-electron chi connectivity index (χ0n) is 18.1. The van der Waals surface area contributed by atoms with Crippen LogP contribution in [0, 0.1) is 23.7 Å². The first-order chi connectivity index (χ1) is 13.4. The van der Waals surface area contributed by atoms with E-state index in [4.69, 9.17) is 0 Å². The minimum absolute atomic E-state index is 0.737. The molecular weight excluding hydrogens is 328 g/mol. The van der Waals surface area contributed by atoms with Crippen LogP contribution in [-0.4, -0.2) is 6.29 Å². The second kappa shape index (κ2) is 24.8. The van der Waals surface area contributed by atoms with Gasteiger partial charge in [-0.15, -0.1) is 0 Å². The first kappa shape index (κ1) is 25.8. The third-order valence-electron chi connectivity index (χ3n) is 5.02. The number of aldehydes is 1. The van der Waals surface area contributed by atoms with Crippen molar-refractivity contribution < 1.29 is 4.79 Å². The summed E-state index contributed by atoms with van der Waals surface area (Å²) in [5.41, 5.74) is 0. The molecule has 0 aliphatic carbocycles. The summed E-state index contributed by atoms with van der Waals surface area (Å²) in [5.74, 6) is 12.4. The van der Waals surface area contributed by atoms with Gasteiger partial charge in [0.1, 0.15) is 6.29 Å². The Morgan fingerprint density at radius 2 is 0.889 bits per heavy atom. The molecule has 0 unspecified atom stereocenters. The molecule has 0 radical (unpaired) electrons. The molecule has 0 amide bonds. The van der Waals surface area contributed by atoms with Crippen LogP contribution in [0.4, 0.5) is 0 Å². The summed E-state index contributed by atoms with van der Waals surface area (Å²) in [6.07, 6.45) is 26.1. The van der Waals surface area contributed by atoms with Gasteiger partial charge in [0.2, 0.25) is 0 Å². The summed E-state index contributed by atoms with van der Waals surface area (Å²) in [6, 6.07) is 0. The molecule has 0 N–H and O–H groups in total. The van der Waals surface area contributed by atoms with E-state index in [0.29, 0.717) is 0 Å². The molecule has 0 bridgehead atoms. The summed E-state index contributed by atoms with van der Waals surface area (Å²) < 4.78 is 0. The van der Waals surface area contributed by atoms with E-state index in [0.717, 1.165) is 32.0 Å². The van der Waals surface area contributed by atoms with Gasteiger partial charge < -0.3 is 4.79 Å². The predicted molar refractivity (Wildman–Crippen MR) is 120 cm³/mol. The SMILES string of the molecule is CCCCCCCCCCCC#CC#CCCCCCCCCCCC=O. The van der Waals surface area contributed by atoms with Crippen molar-refractivity contribution >= 4 is 6.29 Å². The summed E-state index contributed by atoms with van der Waals surface area (Å²) in [4.78, 5) is 10.2. The Kier molecular flexibility index (Phi) is 23.7. The summed E-state index contributed by atoms with van der Waals surface area (Å²) in [7, 11) is 0.